The van der Waals surface area contributed by atoms with Crippen LogP contribution < -0.4 is 4.74 Å². The van der Waals surface area contributed by atoms with Crippen LogP contribution in [0.3, 0.4) is 0 Å². The lowest BCUT2D eigenvalue weighted by Crippen LogP contribution is -2.29. The summed E-state index contributed by atoms with van der Waals surface area (Å²) >= 11 is 0. The number of benzene rings is 1. The van der Waals surface area contributed by atoms with Gasteiger partial charge in [-0.2, -0.15) is 5.10 Å². The second-order valence-electron chi connectivity index (χ2n) is 6.57. The van der Waals surface area contributed by atoms with Crippen molar-refractivity contribution in [3.05, 3.63) is 40.6 Å². The number of esters is 1. The topological polar surface area (TPSA) is 71.4 Å². The van der Waals surface area contributed by atoms with E-state index in [4.69, 9.17) is 9.47 Å². The van der Waals surface area contributed by atoms with Gasteiger partial charge in [-0.25, -0.2) is 9.80 Å². The lowest BCUT2D eigenvalue weighted by Gasteiger charge is -2.32. The molecule has 1 aliphatic heterocycles. The van der Waals surface area contributed by atoms with Gasteiger partial charge in [0.25, 0.3) is 0 Å². The standard InChI is InChI=1S/C21H26N2O4/c1-5-12-27-16-11-10-14-18(17(16)13-8-9-13)15(6-2)23(22-7-3)19(20(14)24)21(25)26-4/h6-7,10-11,13,24H,5,8-9,12H2,1-4H3/b15-6+,22-7-. The van der Waals surface area contributed by atoms with Crippen LogP contribution in [0.15, 0.2) is 29.0 Å². The number of hydrogen-bond acceptors (Lipinski definition) is 6. The number of hydrogen-bond donors (Lipinski definition) is 1. The molecular weight excluding hydrogens is 344 g/mol. The molecule has 2 aliphatic rings. The van der Waals surface area contributed by atoms with Crippen molar-refractivity contribution < 1.29 is 19.4 Å². The van der Waals surface area contributed by atoms with Gasteiger partial charge in [-0.1, -0.05) is 13.0 Å². The zero-order valence-electron chi connectivity index (χ0n) is 16.3. The number of aliphatic hydroxyl groups is 1. The molecule has 0 aromatic heterocycles. The van der Waals surface area contributed by atoms with Gasteiger partial charge in [-0.05, 0) is 51.2 Å². The van der Waals surface area contributed by atoms with Gasteiger partial charge in [0.15, 0.2) is 11.5 Å². The maximum atomic E-state index is 12.4. The minimum absolute atomic E-state index is 0.0140. The number of fused-ring (bicyclic) bond motifs is 1. The molecule has 1 aromatic carbocycles. The molecule has 1 heterocycles. The third kappa shape index (κ3) is 3.31. The van der Waals surface area contributed by atoms with Gasteiger partial charge >= 0.3 is 5.97 Å². The number of rotatable bonds is 6. The first-order valence-corrected chi connectivity index (χ1v) is 9.35. The zero-order valence-corrected chi connectivity index (χ0v) is 16.3. The Bertz CT molecular complexity index is 835. The average Bonchev–Trinajstić information content (AvgIpc) is 3.51. The molecule has 1 aliphatic carbocycles. The van der Waals surface area contributed by atoms with Crippen LogP contribution in [0.1, 0.15) is 62.6 Å². The Labute approximate surface area is 159 Å². The minimum atomic E-state index is -0.637. The van der Waals surface area contributed by atoms with Crippen LogP contribution >= 0.6 is 0 Å². The Morgan fingerprint density at radius 3 is 2.67 bits per heavy atom. The van der Waals surface area contributed by atoms with Crippen molar-refractivity contribution in [3.8, 4) is 5.75 Å². The highest BCUT2D eigenvalue weighted by Crippen LogP contribution is 2.51. The fraction of sp³-hybridized carbons (Fsp3) is 0.429. The van der Waals surface area contributed by atoms with Crippen LogP contribution in [0.25, 0.3) is 11.5 Å². The van der Waals surface area contributed by atoms with E-state index >= 15 is 0 Å². The molecule has 0 atom stereocenters. The highest BCUT2D eigenvalue weighted by molar-refractivity contribution is 6.01. The number of aliphatic hydroxyl groups excluding tert-OH is 1. The molecule has 6 nitrogen and oxygen atoms in total. The molecule has 0 amide bonds. The monoisotopic (exact) mass is 370 g/mol. The number of ether oxygens (including phenoxy) is 2. The number of allylic oxidation sites excluding steroid dienone is 1. The van der Waals surface area contributed by atoms with Gasteiger partial charge in [-0.15, -0.1) is 0 Å². The zero-order chi connectivity index (χ0) is 19.6. The van der Waals surface area contributed by atoms with Crippen molar-refractivity contribution in [1.29, 1.82) is 0 Å². The quantitative estimate of drug-likeness (QED) is 0.592. The summed E-state index contributed by atoms with van der Waals surface area (Å²) < 4.78 is 10.9. The van der Waals surface area contributed by atoms with E-state index in [0.717, 1.165) is 41.8 Å². The average molecular weight is 370 g/mol. The third-order valence-corrected chi connectivity index (χ3v) is 4.71. The first kappa shape index (κ1) is 19.0. The van der Waals surface area contributed by atoms with Gasteiger partial charge in [0, 0.05) is 22.9 Å². The second-order valence-corrected chi connectivity index (χ2v) is 6.57. The van der Waals surface area contributed by atoms with Crippen LogP contribution in [-0.2, 0) is 9.53 Å². The first-order valence-electron chi connectivity index (χ1n) is 9.35. The SMILES string of the molecule is C/C=N\N1C(C(=O)OC)=C(O)c2ccc(OCCC)c(C3CC3)c2/C1=C\C. The van der Waals surface area contributed by atoms with Gasteiger partial charge in [0.1, 0.15) is 5.75 Å². The predicted octanol–water partition coefficient (Wildman–Crippen LogP) is 4.43. The molecule has 1 aromatic rings. The Morgan fingerprint density at radius 2 is 2.11 bits per heavy atom. The molecule has 1 fully saturated rings. The van der Waals surface area contributed by atoms with Crippen LogP contribution in [0, 0.1) is 0 Å². The van der Waals surface area contributed by atoms with Crippen LogP contribution in [0.2, 0.25) is 0 Å². The molecule has 27 heavy (non-hydrogen) atoms. The van der Waals surface area contributed by atoms with Crippen LogP contribution in [0.5, 0.6) is 5.75 Å². The Kier molecular flexibility index (Phi) is 5.54. The van der Waals surface area contributed by atoms with E-state index in [2.05, 4.69) is 12.0 Å². The third-order valence-electron chi connectivity index (χ3n) is 4.71. The molecule has 0 bridgehead atoms. The van der Waals surface area contributed by atoms with Crippen LogP contribution in [0.4, 0.5) is 0 Å². The fourth-order valence-corrected chi connectivity index (χ4v) is 3.42. The first-order chi connectivity index (χ1) is 13.1. The number of hydrazone groups is 1. The van der Waals surface area contributed by atoms with Crippen molar-refractivity contribution in [1.82, 2.24) is 5.01 Å². The molecule has 3 rings (SSSR count). The summed E-state index contributed by atoms with van der Waals surface area (Å²) in [5, 5.41) is 16.7. The van der Waals surface area contributed by atoms with E-state index in [1.165, 1.54) is 12.1 Å². The molecular formula is C21H26N2O4. The minimum Gasteiger partial charge on any atom is -0.505 e. The molecule has 144 valence electrons. The number of carbonyl (C=O) groups excluding carboxylic acids is 1. The molecule has 1 N–H and O–H groups in total. The number of carbonyl (C=O) groups is 1. The molecule has 0 spiro atoms. The van der Waals surface area contributed by atoms with Crippen molar-refractivity contribution in [2.75, 3.05) is 13.7 Å². The summed E-state index contributed by atoms with van der Waals surface area (Å²) in [7, 11) is 1.29. The van der Waals surface area contributed by atoms with Gasteiger partial charge < -0.3 is 14.6 Å². The Morgan fingerprint density at radius 1 is 1.37 bits per heavy atom. The summed E-state index contributed by atoms with van der Waals surface area (Å²) in [4.78, 5) is 12.4. The highest BCUT2D eigenvalue weighted by atomic mass is 16.5. The second kappa shape index (κ2) is 7.86. The maximum Gasteiger partial charge on any atom is 0.360 e. The summed E-state index contributed by atoms with van der Waals surface area (Å²) in [5.41, 5.74) is 3.33. The molecule has 6 heteroatoms. The summed E-state index contributed by atoms with van der Waals surface area (Å²) in [5.74, 6) is 0.466. The summed E-state index contributed by atoms with van der Waals surface area (Å²) in [6, 6.07) is 3.69. The Hall–Kier alpha value is -2.76. The lowest BCUT2D eigenvalue weighted by atomic mass is 9.89. The van der Waals surface area contributed by atoms with Crippen LogP contribution in [-0.4, -0.2) is 36.0 Å². The number of nitrogens with zero attached hydrogens (tertiary/aromatic N) is 2. The van der Waals surface area contributed by atoms with E-state index in [1.807, 2.05) is 19.1 Å². The van der Waals surface area contributed by atoms with E-state index in [0.29, 0.717) is 18.1 Å². The fourth-order valence-electron chi connectivity index (χ4n) is 3.42. The smallest absolute Gasteiger partial charge is 0.360 e. The van der Waals surface area contributed by atoms with E-state index in [-0.39, 0.29) is 11.5 Å². The van der Waals surface area contributed by atoms with Gasteiger partial charge in [-0.3, -0.25) is 0 Å². The largest absolute Gasteiger partial charge is 0.505 e. The normalized spacial score (nSPS) is 18.2. The van der Waals surface area contributed by atoms with E-state index in [1.54, 1.807) is 19.2 Å². The maximum absolute atomic E-state index is 12.4. The van der Waals surface area contributed by atoms with E-state index in [9.17, 15) is 9.90 Å². The molecule has 0 unspecified atom stereocenters. The van der Waals surface area contributed by atoms with E-state index < -0.39 is 5.97 Å². The van der Waals surface area contributed by atoms with Crippen molar-refractivity contribution in [2.24, 2.45) is 5.10 Å². The Balaban J connectivity index is 2.29. The lowest BCUT2D eigenvalue weighted by molar-refractivity contribution is -0.137. The molecule has 0 radical (unpaired) electrons. The van der Waals surface area contributed by atoms with Crippen molar-refractivity contribution in [3.63, 3.8) is 0 Å². The molecule has 0 saturated heterocycles. The number of methoxy groups -OCH3 is 1. The van der Waals surface area contributed by atoms with Gasteiger partial charge in [0.05, 0.1) is 19.4 Å². The predicted molar refractivity (Wildman–Crippen MR) is 105 cm³/mol. The van der Waals surface area contributed by atoms with Gasteiger partial charge in [0.2, 0.25) is 0 Å². The summed E-state index contributed by atoms with van der Waals surface area (Å²) in [6.45, 7) is 6.36. The summed E-state index contributed by atoms with van der Waals surface area (Å²) in [6.07, 6.45) is 6.57. The highest BCUT2D eigenvalue weighted by Gasteiger charge is 2.39. The van der Waals surface area contributed by atoms with Crippen molar-refractivity contribution >= 4 is 23.6 Å². The van der Waals surface area contributed by atoms with Crippen molar-refractivity contribution in [2.45, 2.75) is 46.0 Å². The molecule has 1 saturated carbocycles.